The number of nitrogens with zero attached hydrogens (tertiary/aromatic N) is 2. The Morgan fingerprint density at radius 1 is 1.48 bits per heavy atom. The van der Waals surface area contributed by atoms with Gasteiger partial charge in [-0.25, -0.2) is 4.79 Å². The predicted molar refractivity (Wildman–Crippen MR) is 108 cm³/mol. The molecule has 2 heterocycles. The maximum Gasteiger partial charge on any atom is 0.334 e. The van der Waals surface area contributed by atoms with Gasteiger partial charge in [-0.2, -0.15) is 0 Å². The normalized spacial score (nSPS) is 28.0. The van der Waals surface area contributed by atoms with E-state index in [1.807, 2.05) is 12.1 Å². The molecule has 2 bridgehead atoms. The van der Waals surface area contributed by atoms with Crippen molar-refractivity contribution in [2.24, 2.45) is 4.99 Å². The van der Waals surface area contributed by atoms with E-state index in [1.165, 1.54) is 10.7 Å². The summed E-state index contributed by atoms with van der Waals surface area (Å²) in [6, 6.07) is 8.48. The van der Waals surface area contributed by atoms with Crippen molar-refractivity contribution in [3.05, 3.63) is 51.1 Å². The molecular weight excluding hydrogens is 427 g/mol. The van der Waals surface area contributed by atoms with Gasteiger partial charge in [0.05, 0.1) is 30.0 Å². The second-order valence-corrected chi connectivity index (χ2v) is 8.12. The van der Waals surface area contributed by atoms with E-state index >= 15 is 0 Å². The van der Waals surface area contributed by atoms with Crippen molar-refractivity contribution in [2.75, 3.05) is 20.2 Å². The molecule has 0 N–H and O–H groups in total. The van der Waals surface area contributed by atoms with Gasteiger partial charge < -0.3 is 4.74 Å². The molecule has 0 saturated carbocycles. The monoisotopic (exact) mass is 448 g/mol. The number of carbonyl (C=O) groups is 1. The number of carbonyl (C=O) groups excluding carboxylic acids is 1. The Bertz CT molecular complexity index is 827. The minimum Gasteiger partial charge on any atom is -0.466 e. The van der Waals surface area contributed by atoms with E-state index in [-0.39, 0.29) is 12.0 Å². The lowest BCUT2D eigenvalue weighted by atomic mass is 9.62. The molecule has 0 spiro atoms. The third kappa shape index (κ3) is 2.43. The number of halogens is 1. The number of aliphatic imine (C=N–C) groups is 1. The Hall–Kier alpha value is -1.47. The second kappa shape index (κ2) is 6.36. The predicted octanol–water partition coefficient (Wildman–Crippen LogP) is 3.93. The number of fused-ring (bicyclic) bond motifs is 1. The maximum atomic E-state index is 12.6. The molecule has 0 amide bonds. The largest absolute Gasteiger partial charge is 0.466 e. The highest BCUT2D eigenvalue weighted by molar-refractivity contribution is 14.1. The van der Waals surface area contributed by atoms with Crippen LogP contribution in [0.5, 0.6) is 0 Å². The van der Waals surface area contributed by atoms with Crippen molar-refractivity contribution in [1.82, 2.24) is 4.90 Å². The number of hydrogen-bond acceptors (Lipinski definition) is 4. The third-order valence-corrected chi connectivity index (χ3v) is 6.61. The number of hydrogen-bond donors (Lipinski definition) is 0. The molecule has 1 fully saturated rings. The number of methoxy groups -OCH3 is 1. The number of ether oxygens (including phenoxy) is 1. The zero-order valence-corrected chi connectivity index (χ0v) is 16.6. The molecular formula is C20H21IN2O2. The first-order valence-corrected chi connectivity index (χ1v) is 9.72. The fourth-order valence-corrected chi connectivity index (χ4v) is 4.92. The highest BCUT2D eigenvalue weighted by Gasteiger charge is 2.56. The van der Waals surface area contributed by atoms with E-state index in [1.54, 1.807) is 0 Å². The minimum atomic E-state index is -0.398. The number of piperidine rings is 1. The Morgan fingerprint density at radius 3 is 3.04 bits per heavy atom. The van der Waals surface area contributed by atoms with Crippen LogP contribution >= 0.6 is 22.6 Å². The van der Waals surface area contributed by atoms with Crippen LogP contribution in [0.4, 0.5) is 5.69 Å². The van der Waals surface area contributed by atoms with Gasteiger partial charge in [-0.1, -0.05) is 30.4 Å². The van der Waals surface area contributed by atoms with Crippen LogP contribution in [0, 0.1) is 0 Å². The number of allylic oxidation sites excluding steroid dienone is 1. The molecule has 1 aromatic rings. The van der Waals surface area contributed by atoms with Gasteiger partial charge in [-0.05, 0) is 54.0 Å². The van der Waals surface area contributed by atoms with Crippen LogP contribution in [-0.4, -0.2) is 42.8 Å². The zero-order valence-electron chi connectivity index (χ0n) is 14.5. The van der Waals surface area contributed by atoms with E-state index in [0.29, 0.717) is 0 Å². The standard InChI is InChI=1S/C20H21IN2O2/c1-3-13(21)12-23-11-10-20-14-6-4-5-7-16(14)22-18(20)17(23)9-8-15(20)19(24)25-2/h3-8,17H,9-12H2,1-2H3/b13-3-/t17-,20-/m0/s1. The van der Waals surface area contributed by atoms with Crippen LogP contribution in [0.1, 0.15) is 25.3 Å². The summed E-state index contributed by atoms with van der Waals surface area (Å²) in [6.07, 6.45) is 5.93. The molecule has 5 heteroatoms. The first-order valence-electron chi connectivity index (χ1n) is 8.64. The van der Waals surface area contributed by atoms with Crippen LogP contribution < -0.4 is 0 Å². The molecule has 0 radical (unpaired) electrons. The maximum absolute atomic E-state index is 12.6. The quantitative estimate of drug-likeness (QED) is 0.520. The summed E-state index contributed by atoms with van der Waals surface area (Å²) < 4.78 is 6.46. The fourth-order valence-electron chi connectivity index (χ4n) is 4.48. The van der Waals surface area contributed by atoms with Gasteiger partial charge in [0, 0.05) is 22.2 Å². The Balaban J connectivity index is 1.84. The molecule has 0 unspecified atom stereocenters. The van der Waals surface area contributed by atoms with E-state index in [9.17, 15) is 4.79 Å². The summed E-state index contributed by atoms with van der Waals surface area (Å²) in [5.74, 6) is -0.223. The van der Waals surface area contributed by atoms with Crippen LogP contribution in [-0.2, 0) is 14.9 Å². The Morgan fingerprint density at radius 2 is 2.28 bits per heavy atom. The first kappa shape index (κ1) is 17.0. The van der Waals surface area contributed by atoms with Gasteiger partial charge in [-0.15, -0.1) is 0 Å². The van der Waals surface area contributed by atoms with Crippen LogP contribution in [0.2, 0.25) is 0 Å². The van der Waals surface area contributed by atoms with E-state index in [2.05, 4.69) is 58.7 Å². The van der Waals surface area contributed by atoms with Crippen molar-refractivity contribution < 1.29 is 9.53 Å². The number of esters is 1. The van der Waals surface area contributed by atoms with E-state index in [4.69, 9.17) is 9.73 Å². The summed E-state index contributed by atoms with van der Waals surface area (Å²) in [5.41, 5.74) is 3.66. The summed E-state index contributed by atoms with van der Waals surface area (Å²) >= 11 is 2.41. The molecule has 1 aliphatic carbocycles. The van der Waals surface area contributed by atoms with Crippen LogP contribution in [0.3, 0.4) is 0 Å². The number of rotatable bonds is 3. The Kier molecular flexibility index (Phi) is 4.32. The summed E-state index contributed by atoms with van der Waals surface area (Å²) in [5, 5.41) is 0. The molecule has 25 heavy (non-hydrogen) atoms. The lowest BCUT2D eigenvalue weighted by Crippen LogP contribution is -2.59. The van der Waals surface area contributed by atoms with Crippen molar-refractivity contribution >= 4 is 40.0 Å². The van der Waals surface area contributed by atoms with Crippen molar-refractivity contribution in [2.45, 2.75) is 31.2 Å². The molecule has 130 valence electrons. The molecule has 4 rings (SSSR count). The average Bonchev–Trinajstić information content (AvgIpc) is 2.99. The fraction of sp³-hybridized carbons (Fsp3) is 0.400. The number of likely N-dealkylation sites (tertiary alicyclic amines) is 1. The van der Waals surface area contributed by atoms with Gasteiger partial charge in [0.1, 0.15) is 0 Å². The molecule has 2 atom stereocenters. The van der Waals surface area contributed by atoms with Gasteiger partial charge >= 0.3 is 5.97 Å². The SMILES string of the molecule is C/C=C(\I)CN1CC[C@]23C(C(=O)OC)=CC[C@H]1C2=Nc1ccccc13. The zero-order chi connectivity index (χ0) is 17.6. The van der Waals surface area contributed by atoms with Crippen LogP contribution in [0.15, 0.2) is 50.6 Å². The second-order valence-electron chi connectivity index (χ2n) is 6.74. The average molecular weight is 448 g/mol. The molecule has 2 aliphatic heterocycles. The smallest absolute Gasteiger partial charge is 0.334 e. The van der Waals surface area contributed by atoms with Crippen molar-refractivity contribution in [1.29, 1.82) is 0 Å². The minimum absolute atomic E-state index is 0.223. The summed E-state index contributed by atoms with van der Waals surface area (Å²) in [7, 11) is 1.47. The molecule has 4 nitrogen and oxygen atoms in total. The first-order chi connectivity index (χ1) is 12.1. The number of para-hydroxylation sites is 1. The lowest BCUT2D eigenvalue weighted by molar-refractivity contribution is -0.136. The number of benzene rings is 1. The highest BCUT2D eigenvalue weighted by Crippen LogP contribution is 2.53. The van der Waals surface area contributed by atoms with Gasteiger partial charge in [-0.3, -0.25) is 9.89 Å². The molecule has 1 aromatic carbocycles. The Labute approximate surface area is 161 Å². The van der Waals surface area contributed by atoms with Gasteiger partial charge in [0.2, 0.25) is 0 Å². The molecule has 1 saturated heterocycles. The van der Waals surface area contributed by atoms with Gasteiger partial charge in [0.15, 0.2) is 0 Å². The summed E-state index contributed by atoms with van der Waals surface area (Å²) in [6.45, 7) is 3.97. The van der Waals surface area contributed by atoms with E-state index < -0.39 is 5.41 Å². The van der Waals surface area contributed by atoms with E-state index in [0.717, 1.165) is 48.5 Å². The van der Waals surface area contributed by atoms with Crippen molar-refractivity contribution in [3.8, 4) is 0 Å². The van der Waals surface area contributed by atoms with Gasteiger partial charge in [0.25, 0.3) is 0 Å². The lowest BCUT2D eigenvalue weighted by Gasteiger charge is -2.49. The summed E-state index contributed by atoms with van der Waals surface area (Å²) in [4.78, 5) is 20.0. The molecule has 3 aliphatic rings. The molecule has 0 aromatic heterocycles. The van der Waals surface area contributed by atoms with Crippen molar-refractivity contribution in [3.63, 3.8) is 0 Å². The third-order valence-electron chi connectivity index (χ3n) is 5.65. The highest BCUT2D eigenvalue weighted by atomic mass is 127. The van der Waals surface area contributed by atoms with Crippen LogP contribution in [0.25, 0.3) is 0 Å². The topological polar surface area (TPSA) is 41.9 Å².